The molecule has 0 aliphatic rings. The maximum atomic E-state index is 2.35. The SMILES string of the molecule is CC(C)c1ccc(-c2cccc3[cH-]c(-c4ccc(-c5ccccc5)s4)cc23)cc1.CC(C)c1ccc(-c2cccc3[cH-]c(-c4ccc(-c5ccccc5)s4)cc23)cc1.[Cl-].[Cl-].[Zr+4]. The van der Waals surface area contributed by atoms with Gasteiger partial charge in [0.15, 0.2) is 0 Å². The average molecular weight is 945 g/mol. The van der Waals surface area contributed by atoms with Crippen LogP contribution in [-0.2, 0) is 26.2 Å². The summed E-state index contributed by atoms with van der Waals surface area (Å²) >= 11 is 3.72. The Morgan fingerprint density at radius 2 is 0.721 bits per heavy atom. The van der Waals surface area contributed by atoms with Crippen LogP contribution in [0.25, 0.3) is 85.6 Å². The zero-order valence-electron chi connectivity index (χ0n) is 34.7. The van der Waals surface area contributed by atoms with Crippen LogP contribution in [0, 0.1) is 0 Å². The van der Waals surface area contributed by atoms with Crippen LogP contribution in [0.5, 0.6) is 0 Å². The topological polar surface area (TPSA) is 0 Å². The van der Waals surface area contributed by atoms with Crippen molar-refractivity contribution < 1.29 is 51.0 Å². The predicted octanol–water partition coefficient (Wildman–Crippen LogP) is 11.5. The number of rotatable bonds is 8. The van der Waals surface area contributed by atoms with E-state index in [9.17, 15) is 0 Å². The molecule has 0 N–H and O–H groups in total. The summed E-state index contributed by atoms with van der Waals surface area (Å²) in [5.41, 5.74) is 13.1. The molecule has 10 rings (SSSR count). The molecule has 0 aliphatic heterocycles. The Kier molecular flexibility index (Phi) is 15.4. The number of halogens is 2. The minimum atomic E-state index is 0. The zero-order valence-corrected chi connectivity index (χ0v) is 40.3. The summed E-state index contributed by atoms with van der Waals surface area (Å²) in [7, 11) is 0. The van der Waals surface area contributed by atoms with Crippen LogP contribution < -0.4 is 24.8 Å². The smallest absolute Gasteiger partial charge is 1.00 e. The molecule has 5 heteroatoms. The van der Waals surface area contributed by atoms with E-state index in [-0.39, 0.29) is 51.0 Å². The van der Waals surface area contributed by atoms with Gasteiger partial charge in [0.2, 0.25) is 0 Å². The minimum absolute atomic E-state index is 0. The molecule has 0 spiro atoms. The van der Waals surface area contributed by atoms with Crippen molar-refractivity contribution in [2.24, 2.45) is 0 Å². The summed E-state index contributed by atoms with van der Waals surface area (Å²) in [6.07, 6.45) is 0. The molecule has 0 atom stereocenters. The van der Waals surface area contributed by atoms with Gasteiger partial charge < -0.3 is 24.8 Å². The second-order valence-electron chi connectivity index (χ2n) is 15.7. The number of hydrogen-bond acceptors (Lipinski definition) is 2. The van der Waals surface area contributed by atoms with Gasteiger partial charge in [0.05, 0.1) is 0 Å². The Labute approximate surface area is 400 Å². The normalized spacial score (nSPS) is 10.9. The van der Waals surface area contributed by atoms with Crippen LogP contribution in [0.1, 0.15) is 50.7 Å². The van der Waals surface area contributed by atoms with Crippen LogP contribution in [0.3, 0.4) is 0 Å². The molecule has 10 aromatic rings. The third kappa shape index (κ3) is 10.0. The van der Waals surface area contributed by atoms with Gasteiger partial charge in [0, 0.05) is 9.75 Å². The molecule has 0 saturated heterocycles. The quantitative estimate of drug-likeness (QED) is 0.133. The number of benzene rings is 6. The monoisotopic (exact) mass is 942 g/mol. The molecule has 61 heavy (non-hydrogen) atoms. The van der Waals surface area contributed by atoms with E-state index in [1.165, 1.54) is 96.7 Å². The van der Waals surface area contributed by atoms with Crippen LogP contribution in [0.15, 0.2) is 194 Å². The van der Waals surface area contributed by atoms with Gasteiger partial charge in [-0.15, -0.1) is 69.1 Å². The van der Waals surface area contributed by atoms with E-state index in [0.29, 0.717) is 11.8 Å². The van der Waals surface area contributed by atoms with Gasteiger partial charge in [-0.1, -0.05) is 197 Å². The van der Waals surface area contributed by atoms with Crippen molar-refractivity contribution in [2.75, 3.05) is 0 Å². The van der Waals surface area contributed by atoms with Gasteiger partial charge in [-0.3, -0.25) is 0 Å². The minimum Gasteiger partial charge on any atom is -1.00 e. The predicted molar refractivity (Wildman–Crippen MR) is 256 cm³/mol. The molecule has 8 aromatic carbocycles. The van der Waals surface area contributed by atoms with Crippen LogP contribution in [-0.4, -0.2) is 0 Å². The Bertz CT molecular complexity index is 2730. The molecule has 2 heterocycles. The second-order valence-corrected chi connectivity index (χ2v) is 17.9. The largest absolute Gasteiger partial charge is 4.00 e. The molecule has 0 saturated carbocycles. The third-order valence-corrected chi connectivity index (χ3v) is 13.5. The zero-order chi connectivity index (χ0) is 39.6. The third-order valence-electron chi connectivity index (χ3n) is 11.2. The Morgan fingerprint density at radius 1 is 0.361 bits per heavy atom. The molecule has 0 unspecified atom stereocenters. The summed E-state index contributed by atoms with van der Waals surface area (Å²) in [6, 6.07) is 70.9. The van der Waals surface area contributed by atoms with E-state index in [4.69, 9.17) is 0 Å². The Morgan fingerprint density at radius 3 is 1.08 bits per heavy atom. The van der Waals surface area contributed by atoms with Crippen molar-refractivity contribution in [3.8, 4) is 64.0 Å². The average Bonchev–Trinajstić information content (AvgIpc) is 4.10. The van der Waals surface area contributed by atoms with E-state index >= 15 is 0 Å². The number of hydrogen-bond donors (Lipinski definition) is 0. The first-order valence-electron chi connectivity index (χ1n) is 20.3. The number of fused-ring (bicyclic) bond motifs is 2. The van der Waals surface area contributed by atoms with Gasteiger partial charge in [-0.2, -0.15) is 22.7 Å². The van der Waals surface area contributed by atoms with Crippen LogP contribution in [0.4, 0.5) is 0 Å². The van der Waals surface area contributed by atoms with Crippen molar-refractivity contribution in [2.45, 2.75) is 39.5 Å². The van der Waals surface area contributed by atoms with Gasteiger partial charge in [-0.25, -0.2) is 0 Å². The maximum Gasteiger partial charge on any atom is 4.00 e. The van der Waals surface area contributed by atoms with Crippen LogP contribution in [0.2, 0.25) is 0 Å². The summed E-state index contributed by atoms with van der Waals surface area (Å²) < 4.78 is 0. The van der Waals surface area contributed by atoms with Gasteiger partial charge >= 0.3 is 26.2 Å². The molecule has 0 radical (unpaired) electrons. The van der Waals surface area contributed by atoms with E-state index in [1.54, 1.807) is 0 Å². The van der Waals surface area contributed by atoms with Crippen molar-refractivity contribution in [3.05, 3.63) is 205 Å². The molecule has 0 nitrogen and oxygen atoms in total. The standard InChI is InChI=1S/2C28H23S.2ClH.Zr/c2*1-19(2)20-11-13-21(14-12-20)25-10-6-9-23-17-24(18-26(23)25)28-16-15-27(29-28)22-7-4-3-5-8-22;;;/h2*3-19H,1-2H3;2*1H;/q2*-1;;;+4/p-2. The molecule has 0 amide bonds. The van der Waals surface area contributed by atoms with Crippen molar-refractivity contribution in [3.63, 3.8) is 0 Å². The second kappa shape index (κ2) is 20.5. The first-order valence-corrected chi connectivity index (χ1v) is 21.9. The summed E-state index contributed by atoms with van der Waals surface area (Å²) in [4.78, 5) is 5.27. The molecule has 0 aliphatic carbocycles. The fourth-order valence-corrected chi connectivity index (χ4v) is 9.85. The van der Waals surface area contributed by atoms with Gasteiger partial charge in [0.25, 0.3) is 0 Å². The van der Waals surface area contributed by atoms with E-state index in [2.05, 4.69) is 222 Å². The van der Waals surface area contributed by atoms with Crippen molar-refractivity contribution in [1.82, 2.24) is 0 Å². The molecule has 300 valence electrons. The van der Waals surface area contributed by atoms with Gasteiger partial charge in [-0.05, 0) is 55.0 Å². The number of thiophene rings is 2. The van der Waals surface area contributed by atoms with Crippen molar-refractivity contribution in [1.29, 1.82) is 0 Å². The fourth-order valence-electron chi connectivity index (χ4n) is 7.85. The Hall–Kier alpha value is -4.60. The maximum absolute atomic E-state index is 2.35. The molecular formula is C56H46Cl2S2Zr. The first-order chi connectivity index (χ1) is 28.4. The van der Waals surface area contributed by atoms with E-state index in [1.807, 2.05) is 22.7 Å². The van der Waals surface area contributed by atoms with E-state index in [0.717, 1.165) is 0 Å². The Balaban J connectivity index is 0.000000194. The van der Waals surface area contributed by atoms with Gasteiger partial charge in [0.1, 0.15) is 0 Å². The molecule has 2 aromatic heterocycles. The van der Waals surface area contributed by atoms with Crippen molar-refractivity contribution >= 4 is 44.2 Å². The molecule has 0 bridgehead atoms. The summed E-state index contributed by atoms with van der Waals surface area (Å²) in [5, 5.41) is 5.27. The summed E-state index contributed by atoms with van der Waals surface area (Å²) in [6.45, 7) is 8.96. The van der Waals surface area contributed by atoms with Crippen LogP contribution >= 0.6 is 22.7 Å². The molecular weight excluding hydrogens is 899 g/mol. The van der Waals surface area contributed by atoms with E-state index < -0.39 is 0 Å². The molecule has 0 fully saturated rings. The first kappa shape index (κ1) is 45.9. The summed E-state index contributed by atoms with van der Waals surface area (Å²) in [5.74, 6) is 1.12. The fraction of sp³-hybridized carbons (Fsp3) is 0.107.